The monoisotopic (exact) mass is 271 g/mol. The lowest BCUT2D eigenvalue weighted by Crippen LogP contribution is -2.42. The van der Waals surface area contributed by atoms with Crippen LogP contribution < -0.4 is 16.0 Å². The van der Waals surface area contributed by atoms with E-state index in [0.29, 0.717) is 18.9 Å². The Morgan fingerprint density at radius 3 is 2.95 bits per heavy atom. The normalized spacial score (nSPS) is 21.1. The standard InChI is InChI=1S/C11H15F2N5O/c12-11(13)5-8(18-7-11)10(19)17-4-3-16-9-6-14-1-2-15-9/h1-2,6,8,18H,3-5,7H2,(H,15,16)(H,17,19). The van der Waals surface area contributed by atoms with Crippen LogP contribution in [-0.2, 0) is 4.79 Å². The second kappa shape index (κ2) is 5.87. The zero-order chi connectivity index (χ0) is 13.7. The van der Waals surface area contributed by atoms with Gasteiger partial charge in [-0.3, -0.25) is 15.1 Å². The molecule has 19 heavy (non-hydrogen) atoms. The zero-order valence-electron chi connectivity index (χ0n) is 10.2. The lowest BCUT2D eigenvalue weighted by Gasteiger charge is -2.11. The minimum Gasteiger partial charge on any atom is -0.367 e. The van der Waals surface area contributed by atoms with Gasteiger partial charge in [-0.05, 0) is 0 Å². The molecule has 0 aromatic carbocycles. The van der Waals surface area contributed by atoms with Gasteiger partial charge in [0.05, 0.1) is 18.8 Å². The maximum absolute atomic E-state index is 12.9. The van der Waals surface area contributed by atoms with Crippen molar-refractivity contribution in [3.05, 3.63) is 18.6 Å². The highest BCUT2D eigenvalue weighted by molar-refractivity contribution is 5.82. The topological polar surface area (TPSA) is 78.9 Å². The average Bonchev–Trinajstić information content (AvgIpc) is 2.76. The summed E-state index contributed by atoms with van der Waals surface area (Å²) in [5, 5.41) is 8.04. The first-order valence-electron chi connectivity index (χ1n) is 5.96. The van der Waals surface area contributed by atoms with Gasteiger partial charge in [0, 0.05) is 31.9 Å². The third kappa shape index (κ3) is 4.09. The Morgan fingerprint density at radius 2 is 2.32 bits per heavy atom. The Morgan fingerprint density at radius 1 is 1.47 bits per heavy atom. The van der Waals surface area contributed by atoms with Crippen molar-refractivity contribution in [1.82, 2.24) is 20.6 Å². The van der Waals surface area contributed by atoms with E-state index in [1.165, 1.54) is 0 Å². The van der Waals surface area contributed by atoms with Crippen molar-refractivity contribution in [2.45, 2.75) is 18.4 Å². The van der Waals surface area contributed by atoms with Gasteiger partial charge in [-0.25, -0.2) is 13.8 Å². The molecular weight excluding hydrogens is 256 g/mol. The molecule has 0 spiro atoms. The van der Waals surface area contributed by atoms with Crippen molar-refractivity contribution in [2.24, 2.45) is 0 Å². The summed E-state index contributed by atoms with van der Waals surface area (Å²) in [7, 11) is 0. The summed E-state index contributed by atoms with van der Waals surface area (Å²) in [6.07, 6.45) is 4.21. The van der Waals surface area contributed by atoms with Crippen LogP contribution in [0.4, 0.5) is 14.6 Å². The fourth-order valence-corrected chi connectivity index (χ4v) is 1.79. The largest absolute Gasteiger partial charge is 0.367 e. The van der Waals surface area contributed by atoms with Gasteiger partial charge in [0.2, 0.25) is 5.91 Å². The van der Waals surface area contributed by atoms with Crippen LogP contribution in [0.25, 0.3) is 0 Å². The molecule has 1 saturated heterocycles. The van der Waals surface area contributed by atoms with Crippen LogP contribution >= 0.6 is 0 Å². The lowest BCUT2D eigenvalue weighted by molar-refractivity contribution is -0.123. The molecule has 1 aromatic rings. The fraction of sp³-hybridized carbons (Fsp3) is 0.545. The summed E-state index contributed by atoms with van der Waals surface area (Å²) in [4.78, 5) is 19.4. The Labute approximate surface area is 109 Å². The quantitative estimate of drug-likeness (QED) is 0.657. The number of carbonyl (C=O) groups is 1. The minimum absolute atomic E-state index is 0.332. The van der Waals surface area contributed by atoms with E-state index in [9.17, 15) is 13.6 Å². The molecule has 0 saturated carbocycles. The summed E-state index contributed by atoms with van der Waals surface area (Å²) in [6.45, 7) is 0.343. The van der Waals surface area contributed by atoms with E-state index < -0.39 is 30.8 Å². The maximum Gasteiger partial charge on any atom is 0.262 e. The number of hydrogen-bond acceptors (Lipinski definition) is 5. The summed E-state index contributed by atoms with van der Waals surface area (Å²) >= 11 is 0. The van der Waals surface area contributed by atoms with Gasteiger partial charge in [-0.1, -0.05) is 0 Å². The second-order valence-corrected chi connectivity index (χ2v) is 4.30. The molecule has 8 heteroatoms. The molecule has 1 aliphatic rings. The highest BCUT2D eigenvalue weighted by Crippen LogP contribution is 2.24. The van der Waals surface area contributed by atoms with Crippen molar-refractivity contribution in [2.75, 3.05) is 25.0 Å². The Balaban J connectivity index is 1.65. The number of carbonyl (C=O) groups excluding carboxylic acids is 1. The van der Waals surface area contributed by atoms with Gasteiger partial charge in [-0.15, -0.1) is 0 Å². The summed E-state index contributed by atoms with van der Waals surface area (Å²) < 4.78 is 25.8. The Hall–Kier alpha value is -1.83. The van der Waals surface area contributed by atoms with Crippen molar-refractivity contribution in [3.63, 3.8) is 0 Å². The fourth-order valence-electron chi connectivity index (χ4n) is 1.79. The molecule has 0 radical (unpaired) electrons. The molecule has 1 fully saturated rings. The molecule has 3 N–H and O–H groups in total. The van der Waals surface area contributed by atoms with E-state index in [2.05, 4.69) is 25.9 Å². The summed E-state index contributed by atoms with van der Waals surface area (Å²) in [5.74, 6) is -2.60. The summed E-state index contributed by atoms with van der Waals surface area (Å²) in [5.41, 5.74) is 0. The van der Waals surface area contributed by atoms with E-state index in [0.717, 1.165) is 0 Å². The van der Waals surface area contributed by atoms with Crippen molar-refractivity contribution in [3.8, 4) is 0 Å². The molecule has 2 rings (SSSR count). The SMILES string of the molecule is O=C(NCCNc1cnccn1)C1CC(F)(F)CN1. The van der Waals surface area contributed by atoms with E-state index in [4.69, 9.17) is 0 Å². The predicted molar refractivity (Wildman–Crippen MR) is 64.9 cm³/mol. The Bertz CT molecular complexity index is 428. The molecule has 1 atom stereocenters. The van der Waals surface area contributed by atoms with Gasteiger partial charge in [0.15, 0.2) is 0 Å². The number of hydrogen-bond donors (Lipinski definition) is 3. The molecule has 1 amide bonds. The molecule has 1 aromatic heterocycles. The van der Waals surface area contributed by atoms with Gasteiger partial charge in [0.1, 0.15) is 5.82 Å². The zero-order valence-corrected chi connectivity index (χ0v) is 10.2. The van der Waals surface area contributed by atoms with Gasteiger partial charge < -0.3 is 10.6 Å². The first-order valence-corrected chi connectivity index (χ1v) is 5.96. The number of alkyl halides is 2. The lowest BCUT2D eigenvalue weighted by atomic mass is 10.2. The third-order valence-corrected chi connectivity index (χ3v) is 2.72. The van der Waals surface area contributed by atoms with E-state index in [1.54, 1.807) is 18.6 Å². The first kappa shape index (κ1) is 13.6. The molecule has 0 aliphatic carbocycles. The van der Waals surface area contributed by atoms with Gasteiger partial charge in [0.25, 0.3) is 5.92 Å². The average molecular weight is 271 g/mol. The van der Waals surface area contributed by atoms with Gasteiger partial charge >= 0.3 is 0 Å². The maximum atomic E-state index is 12.9. The van der Waals surface area contributed by atoms with Crippen LogP contribution in [-0.4, -0.2) is 47.5 Å². The second-order valence-electron chi connectivity index (χ2n) is 4.30. The number of aromatic nitrogens is 2. The number of halogens is 2. The number of nitrogens with one attached hydrogen (secondary N) is 3. The molecule has 104 valence electrons. The van der Waals surface area contributed by atoms with Crippen molar-refractivity contribution >= 4 is 11.7 Å². The smallest absolute Gasteiger partial charge is 0.262 e. The minimum atomic E-state index is -2.79. The first-order chi connectivity index (χ1) is 9.07. The number of nitrogens with zero attached hydrogens (tertiary/aromatic N) is 2. The van der Waals surface area contributed by atoms with E-state index >= 15 is 0 Å². The Kier molecular flexibility index (Phi) is 4.20. The summed E-state index contributed by atoms with van der Waals surface area (Å²) in [6, 6.07) is -0.813. The van der Waals surface area contributed by atoms with Crippen LogP contribution in [0.5, 0.6) is 0 Å². The highest BCUT2D eigenvalue weighted by atomic mass is 19.3. The van der Waals surface area contributed by atoms with E-state index in [1.807, 2.05) is 0 Å². The molecule has 1 unspecified atom stereocenters. The molecule has 2 heterocycles. The van der Waals surface area contributed by atoms with E-state index in [-0.39, 0.29) is 0 Å². The van der Waals surface area contributed by atoms with Crippen molar-refractivity contribution < 1.29 is 13.6 Å². The third-order valence-electron chi connectivity index (χ3n) is 2.72. The molecular formula is C11H15F2N5O. The van der Waals surface area contributed by atoms with Crippen LogP contribution in [0.2, 0.25) is 0 Å². The number of anilines is 1. The van der Waals surface area contributed by atoms with Crippen LogP contribution in [0.3, 0.4) is 0 Å². The van der Waals surface area contributed by atoms with Crippen LogP contribution in [0.1, 0.15) is 6.42 Å². The van der Waals surface area contributed by atoms with Crippen LogP contribution in [0, 0.1) is 0 Å². The molecule has 6 nitrogen and oxygen atoms in total. The van der Waals surface area contributed by atoms with Crippen molar-refractivity contribution in [1.29, 1.82) is 0 Å². The number of rotatable bonds is 5. The van der Waals surface area contributed by atoms with Crippen LogP contribution in [0.15, 0.2) is 18.6 Å². The molecule has 1 aliphatic heterocycles. The van der Waals surface area contributed by atoms with Gasteiger partial charge in [-0.2, -0.15) is 0 Å². The predicted octanol–water partition coefficient (Wildman–Crippen LogP) is 0.00190. The highest BCUT2D eigenvalue weighted by Gasteiger charge is 2.42. The molecule has 0 bridgehead atoms. The number of amides is 1.